The summed E-state index contributed by atoms with van der Waals surface area (Å²) in [7, 11) is 4.63. The highest BCUT2D eigenvalue weighted by molar-refractivity contribution is 5.77. The van der Waals surface area contributed by atoms with Crippen molar-refractivity contribution in [3.05, 3.63) is 52.5 Å². The topological polar surface area (TPSA) is 91.9 Å². The van der Waals surface area contributed by atoms with Crippen molar-refractivity contribution in [2.75, 3.05) is 21.3 Å². The van der Waals surface area contributed by atoms with Gasteiger partial charge in [-0.15, -0.1) is 0 Å². The maximum atomic E-state index is 12.3. The number of aromatic nitrogens is 1. The van der Waals surface area contributed by atoms with Gasteiger partial charge in [0.2, 0.25) is 5.91 Å². The van der Waals surface area contributed by atoms with Crippen molar-refractivity contribution in [1.29, 1.82) is 0 Å². The van der Waals surface area contributed by atoms with Crippen molar-refractivity contribution < 1.29 is 23.4 Å². The van der Waals surface area contributed by atoms with E-state index in [0.29, 0.717) is 28.3 Å². The maximum Gasteiger partial charge on any atom is 0.419 e. The van der Waals surface area contributed by atoms with E-state index in [1.54, 1.807) is 51.7 Å². The molecular formula is C20H22N2O6. The van der Waals surface area contributed by atoms with Gasteiger partial charge in [0.1, 0.15) is 5.75 Å². The number of benzene rings is 2. The summed E-state index contributed by atoms with van der Waals surface area (Å²) >= 11 is 0. The normalized spacial score (nSPS) is 10.7. The minimum atomic E-state index is -0.476. The standard InChI is InChI=1S/C20H22N2O6/c1-25-16-11-18(27-3)17(26-2)10-13(16)12-21-19(23)8-9-22-14-6-4-5-7-15(14)28-20(22)24/h4-7,10-11H,8-9,12H2,1-3H3,(H,21,23). The fraction of sp³-hybridized carbons (Fsp3) is 0.300. The van der Waals surface area contributed by atoms with Gasteiger partial charge in [-0.05, 0) is 18.2 Å². The van der Waals surface area contributed by atoms with Crippen LogP contribution in [-0.2, 0) is 17.9 Å². The second-order valence-corrected chi connectivity index (χ2v) is 6.03. The number of oxazole rings is 1. The first-order valence-electron chi connectivity index (χ1n) is 8.71. The molecule has 0 spiro atoms. The van der Waals surface area contributed by atoms with Gasteiger partial charge in [-0.1, -0.05) is 12.1 Å². The highest BCUT2D eigenvalue weighted by atomic mass is 16.5. The number of hydrogen-bond donors (Lipinski definition) is 1. The molecule has 1 aromatic heterocycles. The number of nitrogens with zero attached hydrogens (tertiary/aromatic N) is 1. The lowest BCUT2D eigenvalue weighted by Gasteiger charge is -2.14. The Morgan fingerprint density at radius 1 is 1.04 bits per heavy atom. The molecule has 0 bridgehead atoms. The molecule has 0 unspecified atom stereocenters. The summed E-state index contributed by atoms with van der Waals surface area (Å²) in [5.74, 6) is 0.990. The van der Waals surface area contributed by atoms with Crippen LogP contribution in [0.2, 0.25) is 0 Å². The third-order valence-corrected chi connectivity index (χ3v) is 4.40. The first kappa shape index (κ1) is 19.3. The third kappa shape index (κ3) is 3.95. The van der Waals surface area contributed by atoms with Gasteiger partial charge in [-0.25, -0.2) is 4.79 Å². The second-order valence-electron chi connectivity index (χ2n) is 6.03. The number of aryl methyl sites for hydroxylation is 1. The fourth-order valence-corrected chi connectivity index (χ4v) is 2.95. The molecule has 0 saturated carbocycles. The Morgan fingerprint density at radius 3 is 2.43 bits per heavy atom. The molecule has 148 valence electrons. The molecule has 0 fully saturated rings. The van der Waals surface area contributed by atoms with E-state index in [4.69, 9.17) is 18.6 Å². The third-order valence-electron chi connectivity index (χ3n) is 4.40. The molecule has 2 aromatic carbocycles. The molecule has 3 rings (SSSR count). The van der Waals surface area contributed by atoms with Crippen molar-refractivity contribution in [2.24, 2.45) is 0 Å². The summed E-state index contributed by atoms with van der Waals surface area (Å²) in [5, 5.41) is 2.83. The highest BCUT2D eigenvalue weighted by Gasteiger charge is 2.14. The van der Waals surface area contributed by atoms with Gasteiger partial charge in [-0.3, -0.25) is 9.36 Å². The summed E-state index contributed by atoms with van der Waals surface area (Å²) in [6.07, 6.45) is 0.138. The van der Waals surface area contributed by atoms with Crippen LogP contribution >= 0.6 is 0 Å². The van der Waals surface area contributed by atoms with Gasteiger partial charge in [0, 0.05) is 31.1 Å². The van der Waals surface area contributed by atoms with Crippen LogP contribution < -0.4 is 25.3 Å². The minimum absolute atomic E-state index is 0.138. The molecule has 0 saturated heterocycles. The van der Waals surface area contributed by atoms with Gasteiger partial charge in [0.25, 0.3) is 0 Å². The zero-order chi connectivity index (χ0) is 20.1. The van der Waals surface area contributed by atoms with Gasteiger partial charge in [-0.2, -0.15) is 0 Å². The molecule has 1 N–H and O–H groups in total. The van der Waals surface area contributed by atoms with Gasteiger partial charge in [0.05, 0.1) is 26.8 Å². The van der Waals surface area contributed by atoms with Gasteiger partial charge in [0.15, 0.2) is 17.1 Å². The first-order valence-corrected chi connectivity index (χ1v) is 8.71. The molecule has 0 aliphatic carbocycles. The van der Waals surface area contributed by atoms with Gasteiger partial charge >= 0.3 is 5.76 Å². The van der Waals surface area contributed by atoms with Crippen LogP contribution in [-0.4, -0.2) is 31.8 Å². The van der Waals surface area contributed by atoms with Crippen molar-refractivity contribution in [2.45, 2.75) is 19.5 Å². The van der Waals surface area contributed by atoms with Crippen molar-refractivity contribution >= 4 is 17.0 Å². The van der Waals surface area contributed by atoms with Crippen LogP contribution in [0.25, 0.3) is 11.1 Å². The van der Waals surface area contributed by atoms with Crippen LogP contribution in [0.1, 0.15) is 12.0 Å². The Bertz CT molecular complexity index is 1040. The average molecular weight is 386 g/mol. The van der Waals surface area contributed by atoms with E-state index in [0.717, 1.165) is 5.56 Å². The lowest BCUT2D eigenvalue weighted by Crippen LogP contribution is -2.26. The number of amides is 1. The SMILES string of the molecule is COc1cc(OC)c(OC)cc1CNC(=O)CCn1c(=O)oc2ccccc21. The first-order chi connectivity index (χ1) is 13.6. The second kappa shape index (κ2) is 8.51. The van der Waals surface area contributed by atoms with E-state index in [9.17, 15) is 9.59 Å². The molecule has 0 aliphatic rings. The van der Waals surface area contributed by atoms with E-state index in [-0.39, 0.29) is 25.4 Å². The number of ether oxygens (including phenoxy) is 3. The summed E-state index contributed by atoms with van der Waals surface area (Å²) in [6.45, 7) is 0.480. The Kier molecular flexibility index (Phi) is 5.88. The molecule has 0 radical (unpaired) electrons. The largest absolute Gasteiger partial charge is 0.496 e. The lowest BCUT2D eigenvalue weighted by atomic mass is 10.1. The number of rotatable bonds is 8. The van der Waals surface area contributed by atoms with Crippen molar-refractivity contribution in [1.82, 2.24) is 9.88 Å². The minimum Gasteiger partial charge on any atom is -0.496 e. The van der Waals surface area contributed by atoms with E-state index < -0.39 is 5.76 Å². The Balaban J connectivity index is 1.66. The van der Waals surface area contributed by atoms with Crippen LogP contribution in [0, 0.1) is 0 Å². The molecule has 8 nitrogen and oxygen atoms in total. The average Bonchev–Trinajstić information content (AvgIpc) is 3.04. The number of nitrogens with one attached hydrogen (secondary N) is 1. The number of hydrogen-bond acceptors (Lipinski definition) is 6. The molecule has 1 amide bonds. The molecule has 0 aliphatic heterocycles. The zero-order valence-corrected chi connectivity index (χ0v) is 16.0. The predicted octanol–water partition coefficient (Wildman–Crippen LogP) is 2.33. The van der Waals surface area contributed by atoms with E-state index in [1.807, 2.05) is 6.07 Å². The van der Waals surface area contributed by atoms with E-state index >= 15 is 0 Å². The molecule has 3 aromatic rings. The lowest BCUT2D eigenvalue weighted by molar-refractivity contribution is -0.121. The Morgan fingerprint density at radius 2 is 1.71 bits per heavy atom. The van der Waals surface area contributed by atoms with Gasteiger partial charge < -0.3 is 23.9 Å². The zero-order valence-electron chi connectivity index (χ0n) is 16.0. The van der Waals surface area contributed by atoms with E-state index in [2.05, 4.69) is 5.32 Å². The predicted molar refractivity (Wildman–Crippen MR) is 103 cm³/mol. The maximum absolute atomic E-state index is 12.3. The van der Waals surface area contributed by atoms with E-state index in [1.165, 1.54) is 4.57 Å². The highest BCUT2D eigenvalue weighted by Crippen LogP contribution is 2.34. The molecule has 28 heavy (non-hydrogen) atoms. The van der Waals surface area contributed by atoms with Crippen molar-refractivity contribution in [3.8, 4) is 17.2 Å². The van der Waals surface area contributed by atoms with Crippen LogP contribution in [0.15, 0.2) is 45.6 Å². The molecule has 8 heteroatoms. The monoisotopic (exact) mass is 386 g/mol. The molecular weight excluding hydrogens is 364 g/mol. The number of carbonyl (C=O) groups is 1. The summed E-state index contributed by atoms with van der Waals surface area (Å²) in [4.78, 5) is 24.2. The summed E-state index contributed by atoms with van der Waals surface area (Å²) in [6, 6.07) is 10.6. The smallest absolute Gasteiger partial charge is 0.419 e. The fourth-order valence-electron chi connectivity index (χ4n) is 2.95. The summed E-state index contributed by atoms with van der Waals surface area (Å²) < 4.78 is 22.5. The number of methoxy groups -OCH3 is 3. The molecule has 1 heterocycles. The molecule has 0 atom stereocenters. The number of fused-ring (bicyclic) bond motifs is 1. The van der Waals surface area contributed by atoms with Crippen LogP contribution in [0.3, 0.4) is 0 Å². The van der Waals surface area contributed by atoms with Crippen LogP contribution in [0.4, 0.5) is 0 Å². The quantitative estimate of drug-likeness (QED) is 0.639. The summed E-state index contributed by atoms with van der Waals surface area (Å²) in [5.41, 5.74) is 1.92. The van der Waals surface area contributed by atoms with Crippen molar-refractivity contribution in [3.63, 3.8) is 0 Å². The number of para-hydroxylation sites is 2. The number of carbonyl (C=O) groups excluding carboxylic acids is 1. The van der Waals surface area contributed by atoms with Crippen LogP contribution in [0.5, 0.6) is 17.2 Å². The Labute approximate surface area is 161 Å². The Hall–Kier alpha value is -3.42.